The zero-order valence-corrected chi connectivity index (χ0v) is 19.7. The summed E-state index contributed by atoms with van der Waals surface area (Å²) in [6.45, 7) is 4.04. The zero-order valence-electron chi connectivity index (χ0n) is 19.7. The number of rotatable bonds is 8. The first-order valence-corrected chi connectivity index (χ1v) is 11.9. The van der Waals surface area contributed by atoms with Gasteiger partial charge in [0, 0.05) is 30.7 Å². The zero-order chi connectivity index (χ0) is 23.4. The Balaban J connectivity index is 1.35. The minimum absolute atomic E-state index is 0.00887. The number of nitrogens with one attached hydrogen (secondary N) is 1. The van der Waals surface area contributed by atoms with Crippen LogP contribution in [0.1, 0.15) is 77.6 Å². The van der Waals surface area contributed by atoms with Crippen molar-refractivity contribution in [3.8, 4) is 0 Å². The van der Waals surface area contributed by atoms with E-state index >= 15 is 0 Å². The normalized spacial score (nSPS) is 19.9. The number of carbonyl (C=O) groups is 1. The fraction of sp³-hybridized carbons (Fsp3) is 0.444. The lowest BCUT2D eigenvalue weighted by Gasteiger charge is -2.26. The average Bonchev–Trinajstić information content (AvgIpc) is 3.49. The standard InChI is InChI=1S/C27H34N4O2/c1-4-25(24-14-18(2)29-30-24)31(3)27(33)21-10-7-19(8-11-21)15-20-9-12-22(16-20)26(32)23-6-5-13-28-17-23/h5-8,10-11,13-14,17,20,22,25-26,32H,4,9,12,15-16H2,1-3H3,(H,29,30)/t20-,22-,25?,26-/m0/s1. The Morgan fingerprint density at radius 1 is 1.24 bits per heavy atom. The molecule has 4 rings (SSSR count). The van der Waals surface area contributed by atoms with Gasteiger partial charge in [-0.15, -0.1) is 0 Å². The molecule has 1 aliphatic rings. The lowest BCUT2D eigenvalue weighted by atomic mass is 9.92. The number of carbonyl (C=O) groups excluding carboxylic acids is 1. The summed E-state index contributed by atoms with van der Waals surface area (Å²) in [7, 11) is 1.85. The van der Waals surface area contributed by atoms with Gasteiger partial charge >= 0.3 is 0 Å². The van der Waals surface area contributed by atoms with Crippen LogP contribution in [-0.4, -0.2) is 38.1 Å². The van der Waals surface area contributed by atoms with Crippen LogP contribution in [0.4, 0.5) is 0 Å². The van der Waals surface area contributed by atoms with E-state index in [0.29, 0.717) is 11.5 Å². The lowest BCUT2D eigenvalue weighted by molar-refractivity contribution is 0.0722. The summed E-state index contributed by atoms with van der Waals surface area (Å²) < 4.78 is 0. The molecule has 0 aliphatic heterocycles. The number of hydrogen-bond acceptors (Lipinski definition) is 4. The predicted molar refractivity (Wildman–Crippen MR) is 129 cm³/mol. The van der Waals surface area contributed by atoms with Crippen molar-refractivity contribution in [1.29, 1.82) is 0 Å². The molecule has 1 aromatic carbocycles. The Bertz CT molecular complexity index is 1050. The molecule has 174 valence electrons. The fourth-order valence-corrected chi connectivity index (χ4v) is 5.16. The Kier molecular flexibility index (Phi) is 7.23. The average molecular weight is 447 g/mol. The summed E-state index contributed by atoms with van der Waals surface area (Å²) >= 11 is 0. The molecule has 6 heteroatoms. The number of aliphatic hydroxyl groups excluding tert-OH is 1. The number of pyridine rings is 1. The summed E-state index contributed by atoms with van der Waals surface area (Å²) in [6, 6.07) is 13.8. The van der Waals surface area contributed by atoms with E-state index in [4.69, 9.17) is 0 Å². The van der Waals surface area contributed by atoms with E-state index in [0.717, 1.165) is 49.1 Å². The van der Waals surface area contributed by atoms with Crippen LogP contribution in [0, 0.1) is 18.8 Å². The van der Waals surface area contributed by atoms with Gasteiger partial charge < -0.3 is 10.0 Å². The molecule has 1 saturated carbocycles. The van der Waals surface area contributed by atoms with E-state index in [2.05, 4.69) is 34.2 Å². The van der Waals surface area contributed by atoms with Crippen molar-refractivity contribution in [3.05, 3.63) is 82.9 Å². The van der Waals surface area contributed by atoms with Crippen LogP contribution in [0.5, 0.6) is 0 Å². The molecule has 1 amide bonds. The third-order valence-electron chi connectivity index (χ3n) is 7.02. The molecule has 33 heavy (non-hydrogen) atoms. The van der Waals surface area contributed by atoms with Crippen molar-refractivity contribution in [2.24, 2.45) is 11.8 Å². The van der Waals surface area contributed by atoms with E-state index in [1.54, 1.807) is 17.3 Å². The second-order valence-electron chi connectivity index (χ2n) is 9.39. The summed E-state index contributed by atoms with van der Waals surface area (Å²) in [6.07, 6.45) is 8.01. The van der Waals surface area contributed by atoms with Gasteiger partial charge in [-0.3, -0.25) is 14.9 Å². The van der Waals surface area contributed by atoms with E-state index in [1.165, 1.54) is 5.56 Å². The highest BCUT2D eigenvalue weighted by atomic mass is 16.3. The molecule has 6 nitrogen and oxygen atoms in total. The number of aromatic nitrogens is 3. The number of nitrogens with zero attached hydrogens (tertiary/aromatic N) is 3. The van der Waals surface area contributed by atoms with Crippen LogP contribution in [0.3, 0.4) is 0 Å². The minimum atomic E-state index is -0.441. The van der Waals surface area contributed by atoms with Crippen LogP contribution in [-0.2, 0) is 6.42 Å². The summed E-state index contributed by atoms with van der Waals surface area (Å²) in [5.74, 6) is 0.845. The summed E-state index contributed by atoms with van der Waals surface area (Å²) in [5, 5.41) is 18.0. The number of amides is 1. The molecule has 3 aromatic rings. The quantitative estimate of drug-likeness (QED) is 0.508. The van der Waals surface area contributed by atoms with Gasteiger partial charge in [0.05, 0.1) is 17.8 Å². The van der Waals surface area contributed by atoms with Gasteiger partial charge in [-0.05, 0) is 86.3 Å². The van der Waals surface area contributed by atoms with E-state index < -0.39 is 6.10 Å². The summed E-state index contributed by atoms with van der Waals surface area (Å²) in [5.41, 5.74) is 4.74. The molecule has 0 radical (unpaired) electrons. The third kappa shape index (κ3) is 5.33. The van der Waals surface area contributed by atoms with Crippen molar-refractivity contribution in [2.45, 2.75) is 58.1 Å². The van der Waals surface area contributed by atoms with Crippen LogP contribution in [0.25, 0.3) is 0 Å². The van der Waals surface area contributed by atoms with Crippen molar-refractivity contribution < 1.29 is 9.90 Å². The molecule has 2 N–H and O–H groups in total. The van der Waals surface area contributed by atoms with E-state index in [1.807, 2.05) is 44.3 Å². The van der Waals surface area contributed by atoms with Gasteiger partial charge in [0.25, 0.3) is 5.91 Å². The number of aromatic amines is 1. The maximum absolute atomic E-state index is 13.1. The highest BCUT2D eigenvalue weighted by Crippen LogP contribution is 2.40. The van der Waals surface area contributed by atoms with E-state index in [9.17, 15) is 9.90 Å². The van der Waals surface area contributed by atoms with Crippen LogP contribution in [0.15, 0.2) is 54.9 Å². The third-order valence-corrected chi connectivity index (χ3v) is 7.02. The first kappa shape index (κ1) is 23.2. The first-order chi connectivity index (χ1) is 16.0. The van der Waals surface area contributed by atoms with Gasteiger partial charge in [0.2, 0.25) is 0 Å². The van der Waals surface area contributed by atoms with Gasteiger partial charge in [-0.25, -0.2) is 0 Å². The number of aliphatic hydroxyl groups is 1. The fourth-order valence-electron chi connectivity index (χ4n) is 5.16. The molecule has 2 heterocycles. The van der Waals surface area contributed by atoms with Crippen molar-refractivity contribution in [2.75, 3.05) is 7.05 Å². The minimum Gasteiger partial charge on any atom is -0.388 e. The second-order valence-corrected chi connectivity index (χ2v) is 9.39. The van der Waals surface area contributed by atoms with Crippen molar-refractivity contribution in [3.63, 3.8) is 0 Å². The maximum Gasteiger partial charge on any atom is 0.254 e. The Morgan fingerprint density at radius 2 is 2.03 bits per heavy atom. The number of hydrogen-bond donors (Lipinski definition) is 2. The number of benzene rings is 1. The van der Waals surface area contributed by atoms with Gasteiger partial charge in [-0.1, -0.05) is 25.1 Å². The molecule has 0 saturated heterocycles. The smallest absolute Gasteiger partial charge is 0.254 e. The van der Waals surface area contributed by atoms with Crippen LogP contribution in [0.2, 0.25) is 0 Å². The molecular weight excluding hydrogens is 412 g/mol. The van der Waals surface area contributed by atoms with Gasteiger partial charge in [0.15, 0.2) is 0 Å². The topological polar surface area (TPSA) is 82.1 Å². The highest BCUT2D eigenvalue weighted by molar-refractivity contribution is 5.94. The number of aryl methyl sites for hydroxylation is 1. The molecule has 1 unspecified atom stereocenters. The maximum atomic E-state index is 13.1. The lowest BCUT2D eigenvalue weighted by Crippen LogP contribution is -2.31. The molecule has 1 aliphatic carbocycles. The Labute approximate surface area is 196 Å². The monoisotopic (exact) mass is 446 g/mol. The Morgan fingerprint density at radius 3 is 2.67 bits per heavy atom. The molecule has 4 atom stereocenters. The SMILES string of the molecule is CCC(c1cc(C)[nH]n1)N(C)C(=O)c1ccc(C[C@@H]2CC[C@H]([C@H](O)c3cccnc3)C2)cc1. The van der Waals surface area contributed by atoms with Crippen molar-refractivity contribution in [1.82, 2.24) is 20.1 Å². The Hall–Kier alpha value is -2.99. The molecule has 2 aromatic heterocycles. The molecule has 0 bridgehead atoms. The van der Waals surface area contributed by atoms with Crippen LogP contribution < -0.4 is 0 Å². The van der Waals surface area contributed by atoms with Crippen molar-refractivity contribution >= 4 is 5.91 Å². The number of H-pyrrole nitrogens is 1. The first-order valence-electron chi connectivity index (χ1n) is 11.9. The summed E-state index contributed by atoms with van der Waals surface area (Å²) in [4.78, 5) is 19.0. The van der Waals surface area contributed by atoms with Gasteiger partial charge in [0.1, 0.15) is 0 Å². The molecule has 0 spiro atoms. The largest absolute Gasteiger partial charge is 0.388 e. The molecular formula is C27H34N4O2. The predicted octanol–water partition coefficient (Wildman–Crippen LogP) is 5.03. The van der Waals surface area contributed by atoms with E-state index in [-0.39, 0.29) is 17.9 Å². The van der Waals surface area contributed by atoms with Crippen LogP contribution >= 0.6 is 0 Å². The molecule has 1 fully saturated rings. The van der Waals surface area contributed by atoms with Gasteiger partial charge in [-0.2, -0.15) is 5.10 Å². The highest BCUT2D eigenvalue weighted by Gasteiger charge is 2.31. The second kappa shape index (κ2) is 10.3.